The van der Waals surface area contributed by atoms with E-state index in [0.717, 1.165) is 5.56 Å². The molecule has 4 heteroatoms. The Kier molecular flexibility index (Phi) is 2.56. The van der Waals surface area contributed by atoms with Gasteiger partial charge in [-0.25, -0.2) is 8.42 Å². The van der Waals surface area contributed by atoms with Gasteiger partial charge >= 0.3 is 0 Å². The Morgan fingerprint density at radius 3 is 2.47 bits per heavy atom. The summed E-state index contributed by atoms with van der Waals surface area (Å²) >= 11 is 0. The van der Waals surface area contributed by atoms with Gasteiger partial charge in [0, 0.05) is 13.1 Å². The summed E-state index contributed by atoms with van der Waals surface area (Å²) < 4.78 is 25.3. The Morgan fingerprint density at radius 1 is 1.27 bits per heavy atom. The quantitative estimate of drug-likeness (QED) is 0.736. The summed E-state index contributed by atoms with van der Waals surface area (Å²) in [5.74, 6) is 0.356. The Bertz CT molecular complexity index is 461. The Morgan fingerprint density at radius 2 is 1.93 bits per heavy atom. The molecule has 1 aliphatic heterocycles. The van der Waals surface area contributed by atoms with Crippen molar-refractivity contribution in [3.8, 4) is 0 Å². The molecule has 1 fully saturated rings. The van der Waals surface area contributed by atoms with Gasteiger partial charge in [-0.3, -0.25) is 0 Å². The summed E-state index contributed by atoms with van der Waals surface area (Å²) in [5.41, 5.74) is 1.07. The van der Waals surface area contributed by atoms with Gasteiger partial charge in [-0.15, -0.1) is 0 Å². The Labute approximate surface area is 90.8 Å². The first-order valence-corrected chi connectivity index (χ1v) is 6.56. The van der Waals surface area contributed by atoms with Crippen molar-refractivity contribution in [1.82, 2.24) is 4.31 Å². The second kappa shape index (κ2) is 3.61. The lowest BCUT2D eigenvalue weighted by atomic mass is 10.0. The van der Waals surface area contributed by atoms with Gasteiger partial charge in [0.25, 0.3) is 0 Å². The first kappa shape index (κ1) is 10.6. The van der Waals surface area contributed by atoms with Crippen molar-refractivity contribution >= 4 is 10.0 Å². The van der Waals surface area contributed by atoms with Crippen LogP contribution >= 0.6 is 0 Å². The van der Waals surface area contributed by atoms with Crippen LogP contribution in [0.15, 0.2) is 29.2 Å². The normalized spacial score (nSPS) is 17.0. The molecule has 82 valence electrons. The smallest absolute Gasteiger partial charge is 0.207 e. The van der Waals surface area contributed by atoms with E-state index in [1.54, 1.807) is 12.1 Å². The monoisotopic (exact) mass is 225 g/mol. The number of hydrogen-bond acceptors (Lipinski definition) is 2. The molecule has 1 aromatic carbocycles. The molecule has 0 atom stereocenters. The number of hydrogen-bond donors (Lipinski definition) is 0. The number of nitrogens with zero attached hydrogens (tertiary/aromatic N) is 1. The van der Waals surface area contributed by atoms with Crippen LogP contribution in [-0.2, 0) is 10.0 Å². The number of sulfonamides is 1. The van der Waals surface area contributed by atoms with E-state index in [2.05, 4.69) is 13.8 Å². The molecule has 0 radical (unpaired) electrons. The average molecular weight is 225 g/mol. The van der Waals surface area contributed by atoms with Crippen molar-refractivity contribution < 1.29 is 8.42 Å². The minimum absolute atomic E-state index is 0.356. The van der Waals surface area contributed by atoms with E-state index in [1.807, 2.05) is 12.1 Å². The largest absolute Gasteiger partial charge is 0.243 e. The highest BCUT2D eigenvalue weighted by molar-refractivity contribution is 7.89. The van der Waals surface area contributed by atoms with Gasteiger partial charge in [-0.1, -0.05) is 26.0 Å². The van der Waals surface area contributed by atoms with E-state index in [-0.39, 0.29) is 0 Å². The zero-order valence-electron chi connectivity index (χ0n) is 8.97. The van der Waals surface area contributed by atoms with Crippen molar-refractivity contribution in [3.05, 3.63) is 29.8 Å². The molecule has 0 aliphatic carbocycles. The second-order valence-corrected chi connectivity index (χ2v) is 6.07. The summed E-state index contributed by atoms with van der Waals surface area (Å²) in [5, 5.41) is 0. The van der Waals surface area contributed by atoms with Gasteiger partial charge in [0.1, 0.15) is 0 Å². The fraction of sp³-hybridized carbons (Fsp3) is 0.455. The maximum absolute atomic E-state index is 11.9. The maximum Gasteiger partial charge on any atom is 0.243 e. The van der Waals surface area contributed by atoms with Crippen LogP contribution in [0.5, 0.6) is 0 Å². The highest BCUT2D eigenvalue weighted by Crippen LogP contribution is 2.24. The average Bonchev–Trinajstić information content (AvgIpc) is 3.01. The van der Waals surface area contributed by atoms with Crippen molar-refractivity contribution in [2.24, 2.45) is 0 Å². The lowest BCUT2D eigenvalue weighted by Gasteiger charge is -2.08. The molecule has 0 spiro atoms. The van der Waals surface area contributed by atoms with Crippen molar-refractivity contribution in [2.45, 2.75) is 24.7 Å². The third-order valence-corrected chi connectivity index (χ3v) is 4.46. The molecule has 0 bridgehead atoms. The lowest BCUT2D eigenvalue weighted by Crippen LogP contribution is -2.11. The molecule has 1 aromatic rings. The summed E-state index contributed by atoms with van der Waals surface area (Å²) in [6, 6.07) is 7.22. The maximum atomic E-state index is 11.9. The Balaban J connectivity index is 2.40. The molecule has 0 amide bonds. The first-order chi connectivity index (χ1) is 7.01. The van der Waals surface area contributed by atoms with Crippen LogP contribution in [0.25, 0.3) is 0 Å². The summed E-state index contributed by atoms with van der Waals surface area (Å²) in [4.78, 5) is 0.422. The molecular formula is C11H15NO2S. The highest BCUT2D eigenvalue weighted by Gasteiger charge is 2.33. The molecule has 2 rings (SSSR count). The Hall–Kier alpha value is -0.870. The van der Waals surface area contributed by atoms with Gasteiger partial charge in [0.15, 0.2) is 0 Å². The lowest BCUT2D eigenvalue weighted by molar-refractivity contribution is 0.563. The predicted octanol–water partition coefficient (Wildman–Crippen LogP) is 1.81. The van der Waals surface area contributed by atoms with E-state index in [9.17, 15) is 8.42 Å². The van der Waals surface area contributed by atoms with Crippen LogP contribution < -0.4 is 0 Å². The molecule has 0 N–H and O–H groups in total. The predicted molar refractivity (Wildman–Crippen MR) is 59.3 cm³/mol. The third kappa shape index (κ3) is 2.06. The minimum Gasteiger partial charge on any atom is -0.207 e. The molecule has 1 aliphatic rings. The molecule has 0 unspecified atom stereocenters. The topological polar surface area (TPSA) is 37.1 Å². The van der Waals surface area contributed by atoms with Crippen LogP contribution in [0.1, 0.15) is 25.3 Å². The second-order valence-electron chi connectivity index (χ2n) is 4.13. The molecule has 0 saturated carbocycles. The number of benzene rings is 1. The highest BCUT2D eigenvalue weighted by atomic mass is 32.2. The minimum atomic E-state index is -3.19. The van der Waals surface area contributed by atoms with E-state index in [0.29, 0.717) is 23.9 Å². The van der Waals surface area contributed by atoms with E-state index >= 15 is 0 Å². The molecular weight excluding hydrogens is 210 g/mol. The number of rotatable bonds is 3. The molecule has 0 aromatic heterocycles. The molecule has 3 nitrogen and oxygen atoms in total. The van der Waals surface area contributed by atoms with Gasteiger partial charge < -0.3 is 0 Å². The van der Waals surface area contributed by atoms with Crippen molar-refractivity contribution in [3.63, 3.8) is 0 Å². The molecule has 1 heterocycles. The first-order valence-electron chi connectivity index (χ1n) is 5.12. The molecule has 15 heavy (non-hydrogen) atoms. The molecule has 1 saturated heterocycles. The van der Waals surface area contributed by atoms with Crippen LogP contribution in [0.3, 0.4) is 0 Å². The fourth-order valence-corrected chi connectivity index (χ4v) is 2.86. The van der Waals surface area contributed by atoms with E-state index < -0.39 is 10.0 Å². The third-order valence-electron chi connectivity index (χ3n) is 2.57. The zero-order chi connectivity index (χ0) is 11.1. The summed E-state index contributed by atoms with van der Waals surface area (Å²) in [7, 11) is -3.19. The fourth-order valence-electron chi connectivity index (χ4n) is 1.46. The van der Waals surface area contributed by atoms with Gasteiger partial charge in [0.2, 0.25) is 10.0 Å². The zero-order valence-corrected chi connectivity index (χ0v) is 9.79. The van der Waals surface area contributed by atoms with Crippen LogP contribution in [-0.4, -0.2) is 25.8 Å². The van der Waals surface area contributed by atoms with Gasteiger partial charge in [-0.05, 0) is 23.6 Å². The van der Waals surface area contributed by atoms with Crippen LogP contribution in [0.2, 0.25) is 0 Å². The van der Waals surface area contributed by atoms with E-state index in [1.165, 1.54) is 4.31 Å². The van der Waals surface area contributed by atoms with Gasteiger partial charge in [-0.2, -0.15) is 4.31 Å². The summed E-state index contributed by atoms with van der Waals surface area (Å²) in [6.45, 7) is 5.44. The van der Waals surface area contributed by atoms with E-state index in [4.69, 9.17) is 0 Å². The van der Waals surface area contributed by atoms with Crippen LogP contribution in [0.4, 0.5) is 0 Å². The summed E-state index contributed by atoms with van der Waals surface area (Å²) in [6.07, 6.45) is 0. The van der Waals surface area contributed by atoms with Crippen LogP contribution in [0, 0.1) is 0 Å². The van der Waals surface area contributed by atoms with Gasteiger partial charge in [0.05, 0.1) is 4.90 Å². The standard InChI is InChI=1S/C11H15NO2S/c1-9(2)10-4-3-5-11(8-10)15(13,14)12-6-7-12/h3-5,8-9H,6-7H2,1-2H3. The van der Waals surface area contributed by atoms with Crippen molar-refractivity contribution in [1.29, 1.82) is 0 Å². The SMILES string of the molecule is CC(C)c1cccc(S(=O)(=O)N2CC2)c1. The van der Waals surface area contributed by atoms with Crippen molar-refractivity contribution in [2.75, 3.05) is 13.1 Å².